The third-order valence-electron chi connectivity index (χ3n) is 7.05. The van der Waals surface area contributed by atoms with E-state index in [1.807, 2.05) is 29.1 Å². The summed E-state index contributed by atoms with van der Waals surface area (Å²) in [7, 11) is 2.22. The van der Waals surface area contributed by atoms with E-state index in [4.69, 9.17) is 0 Å². The molecular formula is C25H32N8. The van der Waals surface area contributed by atoms with E-state index in [0.29, 0.717) is 11.7 Å². The van der Waals surface area contributed by atoms with E-state index in [-0.39, 0.29) is 0 Å². The molecule has 8 heteroatoms. The molecule has 0 radical (unpaired) electrons. The third kappa shape index (κ3) is 4.41. The number of hydrogen-bond acceptors (Lipinski definition) is 7. The zero-order chi connectivity index (χ0) is 22.8. The molecule has 5 heterocycles. The molecule has 0 atom stereocenters. The fourth-order valence-corrected chi connectivity index (χ4v) is 5.04. The quantitative estimate of drug-likeness (QED) is 0.563. The lowest BCUT2D eigenvalue weighted by molar-refractivity contribution is 0.0759. The molecule has 3 aromatic rings. The molecule has 2 aliphatic heterocycles. The number of allylic oxidation sites excluding steroid dienone is 1. The third-order valence-corrected chi connectivity index (χ3v) is 7.05. The molecule has 0 aliphatic carbocycles. The van der Waals surface area contributed by atoms with Crippen LogP contribution in [0.25, 0.3) is 28.4 Å². The molecule has 0 unspecified atom stereocenters. The smallest absolute Gasteiger partial charge is 0.162 e. The summed E-state index contributed by atoms with van der Waals surface area (Å²) >= 11 is 0. The van der Waals surface area contributed by atoms with Crippen molar-refractivity contribution < 1.29 is 0 Å². The molecule has 3 aromatic heterocycles. The van der Waals surface area contributed by atoms with Crippen LogP contribution < -0.4 is 0 Å². The number of rotatable bonds is 5. The maximum absolute atomic E-state index is 4.63. The zero-order valence-corrected chi connectivity index (χ0v) is 19.6. The Balaban J connectivity index is 1.33. The normalized spacial score (nSPS) is 19.3. The summed E-state index contributed by atoms with van der Waals surface area (Å²) < 4.78 is 1.84. The highest BCUT2D eigenvalue weighted by Crippen LogP contribution is 2.34. The SMILES string of the molecule is C=Nc1c(-c2ccnc3ncccc23)cnn1/C=C(\C)N1CCC(N2CCN(C)CC2)CC1. The van der Waals surface area contributed by atoms with E-state index < -0.39 is 0 Å². The molecule has 172 valence electrons. The molecule has 2 aliphatic rings. The van der Waals surface area contributed by atoms with E-state index >= 15 is 0 Å². The fourth-order valence-electron chi connectivity index (χ4n) is 5.04. The van der Waals surface area contributed by atoms with Crippen LogP contribution in [0.1, 0.15) is 19.8 Å². The highest BCUT2D eigenvalue weighted by atomic mass is 15.3. The van der Waals surface area contributed by atoms with Gasteiger partial charge in [0.15, 0.2) is 11.5 Å². The molecule has 5 rings (SSSR count). The summed E-state index contributed by atoms with van der Waals surface area (Å²) in [5.41, 5.74) is 3.87. The monoisotopic (exact) mass is 444 g/mol. The van der Waals surface area contributed by atoms with Gasteiger partial charge < -0.3 is 9.80 Å². The Labute approximate surface area is 195 Å². The Morgan fingerprint density at radius 2 is 1.79 bits per heavy atom. The van der Waals surface area contributed by atoms with E-state index in [9.17, 15) is 0 Å². The number of aromatic nitrogens is 4. The second-order valence-corrected chi connectivity index (χ2v) is 9.05. The number of hydrogen-bond donors (Lipinski definition) is 0. The van der Waals surface area contributed by atoms with Gasteiger partial charge >= 0.3 is 0 Å². The van der Waals surface area contributed by atoms with Crippen molar-refractivity contribution in [3.8, 4) is 11.1 Å². The second-order valence-electron chi connectivity index (χ2n) is 9.05. The molecule has 33 heavy (non-hydrogen) atoms. The van der Waals surface area contributed by atoms with Gasteiger partial charge in [0.25, 0.3) is 0 Å². The summed E-state index contributed by atoms with van der Waals surface area (Å²) in [6.07, 6.45) is 9.89. The van der Waals surface area contributed by atoms with Crippen LogP contribution >= 0.6 is 0 Å². The molecule has 0 saturated carbocycles. The van der Waals surface area contributed by atoms with E-state index in [2.05, 4.69) is 61.6 Å². The van der Waals surface area contributed by atoms with Gasteiger partial charge in [-0.1, -0.05) is 0 Å². The van der Waals surface area contributed by atoms with Gasteiger partial charge in [0.05, 0.1) is 6.20 Å². The minimum Gasteiger partial charge on any atom is -0.374 e. The van der Waals surface area contributed by atoms with Crippen molar-refractivity contribution >= 4 is 29.8 Å². The maximum atomic E-state index is 4.63. The van der Waals surface area contributed by atoms with Crippen molar-refractivity contribution in [2.24, 2.45) is 4.99 Å². The van der Waals surface area contributed by atoms with Crippen LogP contribution in [0.4, 0.5) is 5.82 Å². The topological polar surface area (TPSA) is 65.7 Å². The predicted molar refractivity (Wildman–Crippen MR) is 134 cm³/mol. The minimum absolute atomic E-state index is 0.707. The average molecular weight is 445 g/mol. The van der Waals surface area contributed by atoms with E-state index in [0.717, 1.165) is 35.4 Å². The summed E-state index contributed by atoms with van der Waals surface area (Å²) in [5.74, 6) is 0.734. The van der Waals surface area contributed by atoms with Gasteiger partial charge in [0, 0.05) is 80.6 Å². The molecule has 0 aromatic carbocycles. The number of piperazine rings is 1. The number of pyridine rings is 2. The summed E-state index contributed by atoms with van der Waals surface area (Å²) in [4.78, 5) is 20.6. The average Bonchev–Trinajstić information content (AvgIpc) is 3.26. The Morgan fingerprint density at radius 1 is 1.03 bits per heavy atom. The van der Waals surface area contributed by atoms with Crippen molar-refractivity contribution in [3.05, 3.63) is 42.5 Å². The first-order chi connectivity index (χ1) is 16.1. The van der Waals surface area contributed by atoms with Crippen molar-refractivity contribution in [3.63, 3.8) is 0 Å². The molecule has 8 nitrogen and oxygen atoms in total. The number of likely N-dealkylation sites (N-methyl/N-ethyl adjacent to an activating group) is 1. The Hall–Kier alpha value is -3.10. The van der Waals surface area contributed by atoms with Crippen molar-refractivity contribution in [2.75, 3.05) is 46.3 Å². The zero-order valence-electron chi connectivity index (χ0n) is 19.6. The lowest BCUT2D eigenvalue weighted by atomic mass is 10.0. The van der Waals surface area contributed by atoms with Crippen LogP contribution in [0.3, 0.4) is 0 Å². The van der Waals surface area contributed by atoms with Crippen molar-refractivity contribution in [1.82, 2.24) is 34.4 Å². The minimum atomic E-state index is 0.707. The first kappa shape index (κ1) is 21.7. The molecule has 0 bridgehead atoms. The largest absolute Gasteiger partial charge is 0.374 e. The number of fused-ring (bicyclic) bond motifs is 1. The lowest BCUT2D eigenvalue weighted by Gasteiger charge is -2.42. The van der Waals surface area contributed by atoms with Crippen LogP contribution in [0.15, 0.2) is 47.5 Å². The Bertz CT molecular complexity index is 1140. The van der Waals surface area contributed by atoms with Crippen molar-refractivity contribution in [1.29, 1.82) is 0 Å². The van der Waals surface area contributed by atoms with E-state index in [1.165, 1.54) is 44.7 Å². The molecular weight excluding hydrogens is 412 g/mol. The molecule has 0 N–H and O–H groups in total. The highest BCUT2D eigenvalue weighted by molar-refractivity contribution is 5.95. The molecule has 2 fully saturated rings. The first-order valence-corrected chi connectivity index (χ1v) is 11.7. The van der Waals surface area contributed by atoms with Gasteiger partial charge in [-0.25, -0.2) is 19.6 Å². The number of piperidine rings is 1. The van der Waals surface area contributed by atoms with Gasteiger partial charge in [-0.3, -0.25) is 4.90 Å². The highest BCUT2D eigenvalue weighted by Gasteiger charge is 2.27. The predicted octanol–water partition coefficient (Wildman–Crippen LogP) is 3.36. The van der Waals surface area contributed by atoms with Crippen molar-refractivity contribution in [2.45, 2.75) is 25.8 Å². The van der Waals surface area contributed by atoms with Crippen LogP contribution in [-0.2, 0) is 0 Å². The number of aliphatic imine (C=N–C) groups is 1. The molecule has 2 saturated heterocycles. The summed E-state index contributed by atoms with van der Waals surface area (Å²) in [6, 6.07) is 6.65. The summed E-state index contributed by atoms with van der Waals surface area (Å²) in [5, 5.41) is 5.61. The number of nitrogens with zero attached hydrogens (tertiary/aromatic N) is 8. The van der Waals surface area contributed by atoms with Gasteiger partial charge in [0.2, 0.25) is 0 Å². The summed E-state index contributed by atoms with van der Waals surface area (Å²) in [6.45, 7) is 12.9. The van der Waals surface area contributed by atoms with Crippen LogP contribution in [0.5, 0.6) is 0 Å². The molecule has 0 amide bonds. The van der Waals surface area contributed by atoms with Gasteiger partial charge in [0.1, 0.15) is 0 Å². The standard InChI is InChI=1S/C25H32N8/c1-19(31-11-7-20(8-12-31)32-15-13-30(3)14-16-32)18-33-25(26-2)23(17-29-33)21-6-10-28-24-22(21)5-4-9-27-24/h4-6,9-10,17-18,20H,2,7-8,11-16H2,1,3H3/b19-18+. The first-order valence-electron chi connectivity index (χ1n) is 11.7. The van der Waals surface area contributed by atoms with E-state index in [1.54, 1.807) is 12.4 Å². The Kier molecular flexibility index (Phi) is 6.20. The lowest BCUT2D eigenvalue weighted by Crippen LogP contribution is -2.52. The van der Waals surface area contributed by atoms with Crippen LogP contribution in [0, 0.1) is 0 Å². The van der Waals surface area contributed by atoms with Gasteiger partial charge in [-0.05, 0) is 57.3 Å². The Morgan fingerprint density at radius 3 is 2.55 bits per heavy atom. The number of likely N-dealkylation sites (tertiary alicyclic amines) is 1. The van der Waals surface area contributed by atoms with Crippen LogP contribution in [0.2, 0.25) is 0 Å². The van der Waals surface area contributed by atoms with Gasteiger partial charge in [-0.2, -0.15) is 5.10 Å². The molecule has 0 spiro atoms. The van der Waals surface area contributed by atoms with Gasteiger partial charge in [-0.15, -0.1) is 0 Å². The fraction of sp³-hybridized carbons (Fsp3) is 0.440. The van der Waals surface area contributed by atoms with Crippen LogP contribution in [-0.4, -0.2) is 93.5 Å². The maximum Gasteiger partial charge on any atom is 0.162 e. The second kappa shape index (κ2) is 9.41.